The average Bonchev–Trinajstić information content (AvgIpc) is 2.97. The Morgan fingerprint density at radius 1 is 1.05 bits per heavy atom. The van der Waals surface area contributed by atoms with Crippen LogP contribution in [0.4, 0.5) is 4.39 Å². The molecular formula is C15H9Cl2FN2OS. The van der Waals surface area contributed by atoms with E-state index in [2.05, 4.69) is 10.2 Å². The van der Waals surface area contributed by atoms with Gasteiger partial charge in [0.15, 0.2) is 0 Å². The van der Waals surface area contributed by atoms with Crippen molar-refractivity contribution in [2.45, 2.75) is 11.0 Å². The van der Waals surface area contributed by atoms with E-state index in [0.717, 1.165) is 5.56 Å². The number of benzene rings is 2. The maximum Gasteiger partial charge on any atom is 0.277 e. The highest BCUT2D eigenvalue weighted by atomic mass is 35.5. The second-order valence-electron chi connectivity index (χ2n) is 4.42. The monoisotopic (exact) mass is 354 g/mol. The van der Waals surface area contributed by atoms with Gasteiger partial charge in [0.2, 0.25) is 5.89 Å². The first-order valence-corrected chi connectivity index (χ1v) is 8.02. The molecule has 1 heterocycles. The van der Waals surface area contributed by atoms with Crippen LogP contribution in [-0.2, 0) is 5.75 Å². The zero-order valence-electron chi connectivity index (χ0n) is 11.1. The van der Waals surface area contributed by atoms with Gasteiger partial charge in [-0.2, -0.15) is 0 Å². The van der Waals surface area contributed by atoms with Gasteiger partial charge in [-0.15, -0.1) is 10.2 Å². The highest BCUT2D eigenvalue weighted by Crippen LogP contribution is 2.28. The lowest BCUT2D eigenvalue weighted by atomic mass is 10.2. The first-order valence-electron chi connectivity index (χ1n) is 6.28. The molecule has 2 aromatic carbocycles. The molecule has 0 bridgehead atoms. The summed E-state index contributed by atoms with van der Waals surface area (Å²) in [5, 5.41) is 9.29. The van der Waals surface area contributed by atoms with Crippen molar-refractivity contribution >= 4 is 35.0 Å². The van der Waals surface area contributed by atoms with E-state index in [9.17, 15) is 4.39 Å². The zero-order valence-corrected chi connectivity index (χ0v) is 13.4. The van der Waals surface area contributed by atoms with E-state index >= 15 is 0 Å². The fourth-order valence-electron chi connectivity index (χ4n) is 1.78. The Hall–Kier alpha value is -1.56. The largest absolute Gasteiger partial charge is 0.411 e. The van der Waals surface area contributed by atoms with Crippen LogP contribution < -0.4 is 0 Å². The van der Waals surface area contributed by atoms with Gasteiger partial charge in [0.25, 0.3) is 5.22 Å². The third-order valence-corrected chi connectivity index (χ3v) is 4.45. The van der Waals surface area contributed by atoms with Crippen molar-refractivity contribution in [1.82, 2.24) is 10.2 Å². The van der Waals surface area contributed by atoms with Crippen LogP contribution in [0.3, 0.4) is 0 Å². The molecule has 1 aromatic heterocycles. The highest BCUT2D eigenvalue weighted by molar-refractivity contribution is 7.98. The molecule has 3 rings (SSSR count). The molecule has 0 aliphatic heterocycles. The Morgan fingerprint density at radius 3 is 2.68 bits per heavy atom. The van der Waals surface area contributed by atoms with E-state index in [1.165, 1.54) is 23.9 Å². The van der Waals surface area contributed by atoms with Crippen LogP contribution >= 0.6 is 35.0 Å². The number of halogens is 3. The predicted molar refractivity (Wildman–Crippen MR) is 85.7 cm³/mol. The summed E-state index contributed by atoms with van der Waals surface area (Å²) >= 11 is 13.2. The van der Waals surface area contributed by atoms with Gasteiger partial charge >= 0.3 is 0 Å². The van der Waals surface area contributed by atoms with Gasteiger partial charge in [0.05, 0.1) is 10.0 Å². The summed E-state index contributed by atoms with van der Waals surface area (Å²) in [6.07, 6.45) is 0. The molecule has 0 N–H and O–H groups in total. The van der Waals surface area contributed by atoms with Crippen molar-refractivity contribution in [1.29, 1.82) is 0 Å². The van der Waals surface area contributed by atoms with E-state index in [1.54, 1.807) is 24.3 Å². The Balaban J connectivity index is 1.70. The first kappa shape index (κ1) is 15.3. The maximum atomic E-state index is 13.2. The maximum absolute atomic E-state index is 13.2. The summed E-state index contributed by atoms with van der Waals surface area (Å²) in [5.41, 5.74) is 1.54. The van der Waals surface area contributed by atoms with Crippen molar-refractivity contribution in [3.8, 4) is 11.5 Å². The molecule has 0 aliphatic rings. The van der Waals surface area contributed by atoms with E-state index in [-0.39, 0.29) is 11.7 Å². The third kappa shape index (κ3) is 3.61. The molecule has 0 atom stereocenters. The zero-order chi connectivity index (χ0) is 15.5. The van der Waals surface area contributed by atoms with Crippen LogP contribution in [0.2, 0.25) is 10.0 Å². The van der Waals surface area contributed by atoms with Gasteiger partial charge in [0.1, 0.15) is 5.82 Å². The normalized spacial score (nSPS) is 10.9. The van der Waals surface area contributed by atoms with E-state index in [0.29, 0.717) is 26.6 Å². The summed E-state index contributed by atoms with van der Waals surface area (Å²) in [4.78, 5) is 0. The average molecular weight is 355 g/mol. The molecule has 0 amide bonds. The van der Waals surface area contributed by atoms with Crippen LogP contribution in [0.1, 0.15) is 5.56 Å². The molecule has 22 heavy (non-hydrogen) atoms. The molecule has 0 saturated heterocycles. The number of hydrogen-bond acceptors (Lipinski definition) is 4. The van der Waals surface area contributed by atoms with Crippen LogP contribution in [0, 0.1) is 5.82 Å². The molecule has 0 fully saturated rings. The van der Waals surface area contributed by atoms with E-state index in [4.69, 9.17) is 27.6 Å². The topological polar surface area (TPSA) is 38.9 Å². The van der Waals surface area contributed by atoms with Crippen LogP contribution in [0.25, 0.3) is 11.5 Å². The van der Waals surface area contributed by atoms with Gasteiger partial charge in [-0.25, -0.2) is 4.39 Å². The Kier molecular flexibility index (Phi) is 4.66. The molecule has 0 radical (unpaired) electrons. The predicted octanol–water partition coefficient (Wildman–Crippen LogP) is 5.47. The SMILES string of the molecule is Fc1cccc(-c2nnc(SCc3ccc(Cl)c(Cl)c3)o2)c1. The Bertz CT molecular complexity index is 810. The smallest absolute Gasteiger partial charge is 0.277 e. The number of nitrogens with zero attached hydrogens (tertiary/aromatic N) is 2. The summed E-state index contributed by atoms with van der Waals surface area (Å²) in [5.74, 6) is 0.554. The summed E-state index contributed by atoms with van der Waals surface area (Å²) in [7, 11) is 0. The molecule has 0 unspecified atom stereocenters. The van der Waals surface area contributed by atoms with Crippen molar-refractivity contribution in [3.63, 3.8) is 0 Å². The number of thioether (sulfide) groups is 1. The molecule has 0 saturated carbocycles. The first-order chi connectivity index (χ1) is 10.6. The van der Waals surface area contributed by atoms with Crippen molar-refractivity contribution in [3.05, 3.63) is 63.9 Å². The fraction of sp³-hybridized carbons (Fsp3) is 0.0667. The van der Waals surface area contributed by atoms with E-state index in [1.807, 2.05) is 6.07 Å². The quantitative estimate of drug-likeness (QED) is 0.582. The molecule has 0 aliphatic carbocycles. The molecule has 3 nitrogen and oxygen atoms in total. The van der Waals surface area contributed by atoms with Gasteiger partial charge in [0, 0.05) is 11.3 Å². The minimum Gasteiger partial charge on any atom is -0.411 e. The van der Waals surface area contributed by atoms with Gasteiger partial charge in [-0.3, -0.25) is 0 Å². The summed E-state index contributed by atoms with van der Waals surface area (Å²) < 4.78 is 18.7. The second kappa shape index (κ2) is 6.69. The van der Waals surface area contributed by atoms with Crippen molar-refractivity contribution in [2.24, 2.45) is 0 Å². The van der Waals surface area contributed by atoms with Gasteiger partial charge in [-0.1, -0.05) is 47.1 Å². The third-order valence-electron chi connectivity index (χ3n) is 2.82. The fourth-order valence-corrected chi connectivity index (χ4v) is 2.81. The van der Waals surface area contributed by atoms with Crippen LogP contribution in [0.15, 0.2) is 52.1 Å². The molecular weight excluding hydrogens is 346 g/mol. The molecule has 0 spiro atoms. The van der Waals surface area contributed by atoms with Gasteiger partial charge < -0.3 is 4.42 Å². The van der Waals surface area contributed by atoms with Crippen LogP contribution in [-0.4, -0.2) is 10.2 Å². The minimum absolute atomic E-state index is 0.288. The van der Waals surface area contributed by atoms with Crippen LogP contribution in [0.5, 0.6) is 0 Å². The lowest BCUT2D eigenvalue weighted by Gasteiger charge is -2.00. The van der Waals surface area contributed by atoms with Crippen molar-refractivity contribution in [2.75, 3.05) is 0 Å². The van der Waals surface area contributed by atoms with Gasteiger partial charge in [-0.05, 0) is 35.9 Å². The summed E-state index contributed by atoms with van der Waals surface area (Å²) in [6.45, 7) is 0. The molecule has 3 aromatic rings. The second-order valence-corrected chi connectivity index (χ2v) is 6.16. The minimum atomic E-state index is -0.347. The Labute approximate surface area is 140 Å². The highest BCUT2D eigenvalue weighted by Gasteiger charge is 2.10. The number of aromatic nitrogens is 2. The summed E-state index contributed by atoms with van der Waals surface area (Å²) in [6, 6.07) is 11.4. The number of hydrogen-bond donors (Lipinski definition) is 0. The molecule has 112 valence electrons. The van der Waals surface area contributed by atoms with E-state index < -0.39 is 0 Å². The lowest BCUT2D eigenvalue weighted by molar-refractivity contribution is 0.465. The Morgan fingerprint density at radius 2 is 1.91 bits per heavy atom. The standard InChI is InChI=1S/C15H9Cl2FN2OS/c16-12-5-4-9(6-13(12)17)8-22-15-20-19-14(21-15)10-2-1-3-11(18)7-10/h1-7H,8H2. The number of rotatable bonds is 4. The molecule has 7 heteroatoms. The lowest BCUT2D eigenvalue weighted by Crippen LogP contribution is -1.81. The van der Waals surface area contributed by atoms with Crippen molar-refractivity contribution < 1.29 is 8.81 Å².